The number of ether oxygens (including phenoxy) is 2. The number of methoxy groups -OCH3 is 1. The van der Waals surface area contributed by atoms with E-state index in [1.54, 1.807) is 7.11 Å². The first-order chi connectivity index (χ1) is 9.32. The van der Waals surface area contributed by atoms with E-state index in [1.165, 1.54) is 12.8 Å². The first-order valence-corrected chi connectivity index (χ1v) is 6.99. The monoisotopic (exact) mass is 267 g/mol. The van der Waals surface area contributed by atoms with Gasteiger partial charge in [0.1, 0.15) is 5.60 Å². The van der Waals surface area contributed by atoms with Gasteiger partial charge in [-0.2, -0.15) is 4.98 Å². The predicted molar refractivity (Wildman–Crippen MR) is 67.5 cm³/mol. The van der Waals surface area contributed by atoms with Crippen molar-refractivity contribution in [2.24, 2.45) is 5.92 Å². The van der Waals surface area contributed by atoms with Crippen LogP contribution in [0.1, 0.15) is 37.4 Å². The van der Waals surface area contributed by atoms with Crippen LogP contribution in [0.5, 0.6) is 0 Å². The molecular formula is C13H21N3O3. The SMILES string of the molecule is COC1(c2noc(CNCC3CC3)n2)CCOCC1. The zero-order valence-corrected chi connectivity index (χ0v) is 11.4. The number of aromatic nitrogens is 2. The van der Waals surface area contributed by atoms with Crippen LogP contribution in [0.4, 0.5) is 0 Å². The molecule has 0 atom stereocenters. The summed E-state index contributed by atoms with van der Waals surface area (Å²) in [7, 11) is 1.70. The molecule has 0 aromatic carbocycles. The van der Waals surface area contributed by atoms with Gasteiger partial charge in [0, 0.05) is 33.2 Å². The van der Waals surface area contributed by atoms with Gasteiger partial charge in [0.05, 0.1) is 6.54 Å². The van der Waals surface area contributed by atoms with E-state index in [9.17, 15) is 0 Å². The number of nitrogens with zero attached hydrogens (tertiary/aromatic N) is 2. The highest BCUT2D eigenvalue weighted by molar-refractivity contribution is 5.03. The van der Waals surface area contributed by atoms with Gasteiger partial charge in [-0.15, -0.1) is 0 Å². The second kappa shape index (κ2) is 5.56. The lowest BCUT2D eigenvalue weighted by Gasteiger charge is -2.32. The maximum Gasteiger partial charge on any atom is 0.240 e. The first kappa shape index (κ1) is 13.0. The topological polar surface area (TPSA) is 69.4 Å². The Hall–Kier alpha value is -0.980. The molecule has 1 aromatic rings. The molecule has 2 aliphatic rings. The quantitative estimate of drug-likeness (QED) is 0.835. The molecule has 6 nitrogen and oxygen atoms in total. The molecule has 1 saturated heterocycles. The summed E-state index contributed by atoms with van der Waals surface area (Å²) in [5.74, 6) is 2.14. The molecule has 1 saturated carbocycles. The lowest BCUT2D eigenvalue weighted by molar-refractivity contribution is -0.101. The molecule has 1 N–H and O–H groups in total. The second-order valence-corrected chi connectivity index (χ2v) is 5.40. The number of rotatable bonds is 6. The Labute approximate surface area is 112 Å². The van der Waals surface area contributed by atoms with Gasteiger partial charge >= 0.3 is 0 Å². The number of hydrogen-bond donors (Lipinski definition) is 1. The highest BCUT2D eigenvalue weighted by Gasteiger charge is 2.39. The average Bonchev–Trinajstić information content (AvgIpc) is 3.15. The summed E-state index contributed by atoms with van der Waals surface area (Å²) in [6.45, 7) is 3.04. The third kappa shape index (κ3) is 2.96. The van der Waals surface area contributed by atoms with Gasteiger partial charge in [0.15, 0.2) is 0 Å². The first-order valence-electron chi connectivity index (χ1n) is 6.99. The Morgan fingerprint density at radius 3 is 2.84 bits per heavy atom. The molecule has 19 heavy (non-hydrogen) atoms. The van der Waals surface area contributed by atoms with Crippen molar-refractivity contribution in [3.05, 3.63) is 11.7 Å². The van der Waals surface area contributed by atoms with E-state index < -0.39 is 5.60 Å². The summed E-state index contributed by atoms with van der Waals surface area (Å²) in [5.41, 5.74) is -0.434. The van der Waals surface area contributed by atoms with Crippen molar-refractivity contribution >= 4 is 0 Å². The van der Waals surface area contributed by atoms with Crippen LogP contribution in [-0.2, 0) is 21.6 Å². The Kier molecular flexibility index (Phi) is 3.81. The average molecular weight is 267 g/mol. The molecule has 3 rings (SSSR count). The van der Waals surface area contributed by atoms with E-state index >= 15 is 0 Å². The van der Waals surface area contributed by atoms with Crippen LogP contribution in [0.25, 0.3) is 0 Å². The minimum atomic E-state index is -0.434. The molecule has 0 bridgehead atoms. The minimum Gasteiger partial charge on any atom is -0.381 e. The predicted octanol–water partition coefficient (Wildman–Crippen LogP) is 1.22. The summed E-state index contributed by atoms with van der Waals surface area (Å²) in [4.78, 5) is 4.47. The molecule has 1 aliphatic carbocycles. The molecule has 1 aliphatic heterocycles. The van der Waals surface area contributed by atoms with Crippen LogP contribution in [-0.4, -0.2) is 37.0 Å². The summed E-state index contributed by atoms with van der Waals surface area (Å²) in [6.07, 6.45) is 4.24. The Morgan fingerprint density at radius 2 is 2.16 bits per heavy atom. The van der Waals surface area contributed by atoms with Crippen molar-refractivity contribution in [1.29, 1.82) is 0 Å². The molecule has 0 amide bonds. The highest BCUT2D eigenvalue weighted by Crippen LogP contribution is 2.33. The van der Waals surface area contributed by atoms with Gasteiger partial charge < -0.3 is 19.3 Å². The van der Waals surface area contributed by atoms with Crippen molar-refractivity contribution in [3.63, 3.8) is 0 Å². The summed E-state index contributed by atoms with van der Waals surface area (Å²) < 4.78 is 16.3. The standard InChI is InChI=1S/C13H21N3O3/c1-17-13(4-6-18-7-5-13)12-15-11(19-16-12)9-14-8-10-2-3-10/h10,14H,2-9H2,1H3. The molecular weight excluding hydrogens is 246 g/mol. The van der Waals surface area contributed by atoms with Crippen molar-refractivity contribution in [2.75, 3.05) is 26.9 Å². The van der Waals surface area contributed by atoms with Crippen molar-refractivity contribution in [3.8, 4) is 0 Å². The van der Waals surface area contributed by atoms with Gasteiger partial charge in [-0.1, -0.05) is 5.16 Å². The smallest absolute Gasteiger partial charge is 0.240 e. The fourth-order valence-electron chi connectivity index (χ4n) is 2.44. The molecule has 0 radical (unpaired) electrons. The van der Waals surface area contributed by atoms with Crippen LogP contribution >= 0.6 is 0 Å². The minimum absolute atomic E-state index is 0.434. The molecule has 0 spiro atoms. The molecule has 106 valence electrons. The van der Waals surface area contributed by atoms with Crippen molar-refractivity contribution < 1.29 is 14.0 Å². The molecule has 0 unspecified atom stereocenters. The Balaban J connectivity index is 1.61. The van der Waals surface area contributed by atoms with Gasteiger partial charge in [-0.05, 0) is 25.3 Å². The van der Waals surface area contributed by atoms with E-state index in [4.69, 9.17) is 14.0 Å². The number of nitrogens with one attached hydrogen (secondary N) is 1. The van der Waals surface area contributed by atoms with Crippen LogP contribution in [0.3, 0.4) is 0 Å². The third-order valence-electron chi connectivity index (χ3n) is 3.97. The lowest BCUT2D eigenvalue weighted by Crippen LogP contribution is -2.36. The summed E-state index contributed by atoms with van der Waals surface area (Å²) in [5, 5.41) is 7.44. The van der Waals surface area contributed by atoms with E-state index in [0.29, 0.717) is 31.5 Å². The fourth-order valence-corrected chi connectivity index (χ4v) is 2.44. The van der Waals surface area contributed by atoms with Gasteiger partial charge in [-0.3, -0.25) is 0 Å². The fraction of sp³-hybridized carbons (Fsp3) is 0.846. The molecule has 2 fully saturated rings. The third-order valence-corrected chi connectivity index (χ3v) is 3.97. The summed E-state index contributed by atoms with van der Waals surface area (Å²) in [6, 6.07) is 0. The molecule has 1 aromatic heterocycles. The van der Waals surface area contributed by atoms with E-state index in [1.807, 2.05) is 0 Å². The van der Waals surface area contributed by atoms with Gasteiger partial charge in [-0.25, -0.2) is 0 Å². The zero-order valence-electron chi connectivity index (χ0n) is 11.4. The van der Waals surface area contributed by atoms with Crippen molar-refractivity contribution in [2.45, 2.75) is 37.8 Å². The van der Waals surface area contributed by atoms with E-state index in [0.717, 1.165) is 25.3 Å². The van der Waals surface area contributed by atoms with Crippen LogP contribution in [0.2, 0.25) is 0 Å². The normalized spacial score (nSPS) is 22.6. The maximum absolute atomic E-state index is 5.65. The van der Waals surface area contributed by atoms with Gasteiger partial charge in [0.2, 0.25) is 11.7 Å². The Bertz CT molecular complexity index is 411. The Morgan fingerprint density at radius 1 is 1.37 bits per heavy atom. The van der Waals surface area contributed by atoms with Crippen molar-refractivity contribution in [1.82, 2.24) is 15.5 Å². The molecule has 2 heterocycles. The highest BCUT2D eigenvalue weighted by atomic mass is 16.5. The summed E-state index contributed by atoms with van der Waals surface area (Å²) >= 11 is 0. The number of hydrogen-bond acceptors (Lipinski definition) is 6. The maximum atomic E-state index is 5.65. The van der Waals surface area contributed by atoms with Crippen LogP contribution < -0.4 is 5.32 Å². The van der Waals surface area contributed by atoms with Gasteiger partial charge in [0.25, 0.3) is 0 Å². The molecule has 6 heteroatoms. The largest absolute Gasteiger partial charge is 0.381 e. The van der Waals surface area contributed by atoms with E-state index in [-0.39, 0.29) is 0 Å². The van der Waals surface area contributed by atoms with Crippen LogP contribution in [0.15, 0.2) is 4.52 Å². The van der Waals surface area contributed by atoms with E-state index in [2.05, 4.69) is 15.5 Å². The lowest BCUT2D eigenvalue weighted by atomic mass is 9.93. The van der Waals surface area contributed by atoms with Crippen LogP contribution in [0, 0.1) is 5.92 Å². The second-order valence-electron chi connectivity index (χ2n) is 5.40. The zero-order chi connectivity index (χ0) is 13.1.